The van der Waals surface area contributed by atoms with Crippen LogP contribution in [-0.2, 0) is 4.74 Å². The number of halogens is 1. The number of aromatic nitrogens is 4. The van der Waals surface area contributed by atoms with Crippen LogP contribution in [0.3, 0.4) is 0 Å². The van der Waals surface area contributed by atoms with Crippen molar-refractivity contribution in [2.24, 2.45) is 0 Å². The van der Waals surface area contributed by atoms with Crippen LogP contribution in [0.1, 0.15) is 12.6 Å². The Morgan fingerprint density at radius 2 is 2.28 bits per heavy atom. The van der Waals surface area contributed by atoms with E-state index in [-0.39, 0.29) is 5.88 Å². The molecule has 0 radical (unpaired) electrons. The smallest absolute Gasteiger partial charge is 0.242 e. The molecule has 1 fully saturated rings. The summed E-state index contributed by atoms with van der Waals surface area (Å²) < 4.78 is 7.09. The summed E-state index contributed by atoms with van der Waals surface area (Å²) in [7, 11) is 0. The largest absolute Gasteiger partial charge is 0.492 e. The molecule has 0 aliphatic carbocycles. The molecule has 2 aromatic heterocycles. The molecule has 2 atom stereocenters. The topological polar surface area (TPSA) is 93.3 Å². The Labute approximate surface area is 106 Å². The lowest BCUT2D eigenvalue weighted by Gasteiger charge is -2.11. The summed E-state index contributed by atoms with van der Waals surface area (Å²) in [4.78, 5) is 11.7. The zero-order valence-corrected chi connectivity index (χ0v) is 9.82. The van der Waals surface area contributed by atoms with E-state index in [0.29, 0.717) is 23.3 Å². The van der Waals surface area contributed by atoms with E-state index in [4.69, 9.17) is 16.3 Å². The number of rotatable bonds is 1. The predicted octanol–water partition coefficient (Wildman–Crippen LogP) is 0.892. The van der Waals surface area contributed by atoms with E-state index in [1.807, 2.05) is 0 Å². The molecular weight excluding hydrogens is 260 g/mol. The molecule has 3 heterocycles. The first kappa shape index (κ1) is 11.2. The molecule has 3 rings (SSSR count). The summed E-state index contributed by atoms with van der Waals surface area (Å²) >= 11 is 5.54. The van der Waals surface area contributed by atoms with Gasteiger partial charge in [-0.1, -0.05) is 11.6 Å². The summed E-state index contributed by atoms with van der Waals surface area (Å²) in [6.45, 7) is 0. The maximum absolute atomic E-state index is 9.69. The molecule has 18 heavy (non-hydrogen) atoms. The summed E-state index contributed by atoms with van der Waals surface area (Å²) in [5, 5.41) is 19.2. The van der Waals surface area contributed by atoms with Gasteiger partial charge in [-0.05, 0) is 0 Å². The second-order valence-corrected chi connectivity index (χ2v) is 4.08. The van der Waals surface area contributed by atoms with E-state index < -0.39 is 12.3 Å². The van der Waals surface area contributed by atoms with Crippen LogP contribution in [-0.4, -0.2) is 35.8 Å². The molecule has 1 aliphatic heterocycles. The Morgan fingerprint density at radius 1 is 1.44 bits per heavy atom. The minimum atomic E-state index is -0.750. The van der Waals surface area contributed by atoms with Gasteiger partial charge >= 0.3 is 0 Å². The Kier molecular flexibility index (Phi) is 2.57. The number of hydrogen-bond donors (Lipinski definition) is 2. The fraction of sp³-hybridized carbons (Fsp3) is 0.300. The van der Waals surface area contributed by atoms with Gasteiger partial charge in [0.1, 0.15) is 24.5 Å². The lowest BCUT2D eigenvalue weighted by molar-refractivity contribution is 0.101. The van der Waals surface area contributed by atoms with Gasteiger partial charge in [-0.15, -0.1) is 0 Å². The van der Waals surface area contributed by atoms with Crippen LogP contribution in [0.4, 0.5) is 0 Å². The average molecular weight is 269 g/mol. The SMILES string of the molecule is Oc1ncnc2c1ncn2[C@H]1C[C@H](O)C(=CCl)O1. The highest BCUT2D eigenvalue weighted by Gasteiger charge is 2.31. The van der Waals surface area contributed by atoms with Crippen molar-refractivity contribution in [3.05, 3.63) is 23.9 Å². The number of aliphatic hydroxyl groups is 1. The molecule has 1 saturated heterocycles. The first-order valence-corrected chi connectivity index (χ1v) is 5.66. The van der Waals surface area contributed by atoms with Gasteiger partial charge < -0.3 is 14.9 Å². The van der Waals surface area contributed by atoms with E-state index >= 15 is 0 Å². The van der Waals surface area contributed by atoms with E-state index in [0.717, 1.165) is 0 Å². The second kappa shape index (κ2) is 4.11. The van der Waals surface area contributed by atoms with Crippen molar-refractivity contribution in [2.75, 3.05) is 0 Å². The Morgan fingerprint density at radius 3 is 3.00 bits per heavy atom. The van der Waals surface area contributed by atoms with Crippen molar-refractivity contribution in [3.63, 3.8) is 0 Å². The molecule has 2 N–H and O–H groups in total. The molecule has 8 heteroatoms. The predicted molar refractivity (Wildman–Crippen MR) is 61.7 cm³/mol. The molecule has 2 aromatic rings. The van der Waals surface area contributed by atoms with Gasteiger partial charge in [0.15, 0.2) is 17.4 Å². The quantitative estimate of drug-likeness (QED) is 0.798. The molecule has 0 aromatic carbocycles. The number of ether oxygens (including phenoxy) is 1. The van der Waals surface area contributed by atoms with Crippen molar-refractivity contribution < 1.29 is 14.9 Å². The van der Waals surface area contributed by atoms with Crippen LogP contribution in [0.2, 0.25) is 0 Å². The van der Waals surface area contributed by atoms with Crippen molar-refractivity contribution in [1.82, 2.24) is 19.5 Å². The maximum Gasteiger partial charge on any atom is 0.242 e. The van der Waals surface area contributed by atoms with Gasteiger partial charge in [-0.2, -0.15) is 4.98 Å². The summed E-state index contributed by atoms with van der Waals surface area (Å²) in [5.74, 6) is 0.118. The maximum atomic E-state index is 9.69. The first-order chi connectivity index (χ1) is 8.70. The van der Waals surface area contributed by atoms with Crippen LogP contribution < -0.4 is 0 Å². The summed E-state index contributed by atoms with van der Waals surface area (Å²) in [6.07, 6.45) is 1.85. The fourth-order valence-corrected chi connectivity index (χ4v) is 2.11. The van der Waals surface area contributed by atoms with Crippen molar-refractivity contribution in [2.45, 2.75) is 18.8 Å². The molecule has 0 saturated carbocycles. The van der Waals surface area contributed by atoms with E-state index in [1.165, 1.54) is 18.2 Å². The zero-order valence-electron chi connectivity index (χ0n) is 9.06. The van der Waals surface area contributed by atoms with E-state index in [2.05, 4.69) is 15.0 Å². The third-order valence-corrected chi connectivity index (χ3v) is 3.00. The monoisotopic (exact) mass is 268 g/mol. The van der Waals surface area contributed by atoms with Gasteiger partial charge in [-0.3, -0.25) is 4.57 Å². The van der Waals surface area contributed by atoms with Gasteiger partial charge in [0.25, 0.3) is 0 Å². The standard InChI is InChI=1S/C10H9ClN4O3/c11-2-6-5(16)1-7(18-6)15-4-14-8-9(15)12-3-13-10(8)17/h2-5,7,16H,1H2,(H,12,13,17)/t5-,7+/m0/s1. The lowest BCUT2D eigenvalue weighted by atomic mass is 10.2. The van der Waals surface area contributed by atoms with Crippen molar-refractivity contribution >= 4 is 22.8 Å². The minimum absolute atomic E-state index is 0.189. The third kappa shape index (κ3) is 1.59. The van der Waals surface area contributed by atoms with Gasteiger partial charge in [-0.25, -0.2) is 9.97 Å². The van der Waals surface area contributed by atoms with Gasteiger partial charge in [0, 0.05) is 12.0 Å². The number of fused-ring (bicyclic) bond motifs is 1. The van der Waals surface area contributed by atoms with E-state index in [9.17, 15) is 10.2 Å². The van der Waals surface area contributed by atoms with Crippen LogP contribution in [0.25, 0.3) is 11.2 Å². The Hall–Kier alpha value is -1.86. The second-order valence-electron chi connectivity index (χ2n) is 3.86. The number of aliphatic hydroxyl groups excluding tert-OH is 1. The molecule has 7 nitrogen and oxygen atoms in total. The number of hydrogen-bond acceptors (Lipinski definition) is 6. The Bertz CT molecular complexity index is 627. The van der Waals surface area contributed by atoms with Crippen LogP contribution in [0.5, 0.6) is 5.88 Å². The van der Waals surface area contributed by atoms with Crippen LogP contribution >= 0.6 is 11.6 Å². The molecule has 0 spiro atoms. The number of imidazole rings is 1. The van der Waals surface area contributed by atoms with Gasteiger partial charge in [0.05, 0.1) is 0 Å². The average Bonchev–Trinajstić information content (AvgIpc) is 2.93. The third-order valence-electron chi connectivity index (χ3n) is 2.78. The first-order valence-electron chi connectivity index (χ1n) is 5.22. The van der Waals surface area contributed by atoms with E-state index in [1.54, 1.807) is 4.57 Å². The lowest BCUT2D eigenvalue weighted by Crippen LogP contribution is -2.07. The molecule has 0 unspecified atom stereocenters. The fourth-order valence-electron chi connectivity index (χ4n) is 1.91. The molecule has 0 amide bonds. The number of aromatic hydroxyl groups is 1. The summed E-state index contributed by atoms with van der Waals surface area (Å²) in [6, 6.07) is 0. The van der Waals surface area contributed by atoms with Crippen molar-refractivity contribution in [1.29, 1.82) is 0 Å². The minimum Gasteiger partial charge on any atom is -0.492 e. The van der Waals surface area contributed by atoms with Gasteiger partial charge in [0.2, 0.25) is 5.88 Å². The Balaban J connectivity index is 2.04. The highest BCUT2D eigenvalue weighted by Crippen LogP contribution is 2.33. The van der Waals surface area contributed by atoms with Crippen LogP contribution in [0, 0.1) is 0 Å². The molecule has 1 aliphatic rings. The molecular formula is C10H9ClN4O3. The summed E-state index contributed by atoms with van der Waals surface area (Å²) in [5.41, 5.74) is 1.94. The molecule has 0 bridgehead atoms. The normalized spacial score (nSPS) is 25.8. The highest BCUT2D eigenvalue weighted by molar-refractivity contribution is 6.25. The van der Waals surface area contributed by atoms with Crippen LogP contribution in [0.15, 0.2) is 23.9 Å². The number of nitrogens with zero attached hydrogens (tertiary/aromatic N) is 4. The molecule has 94 valence electrons. The highest BCUT2D eigenvalue weighted by atomic mass is 35.5. The zero-order chi connectivity index (χ0) is 12.7. The van der Waals surface area contributed by atoms with Crippen molar-refractivity contribution in [3.8, 4) is 5.88 Å².